The molecule has 36 heavy (non-hydrogen) atoms. The van der Waals surface area contributed by atoms with E-state index in [1.165, 1.54) is 11.4 Å². The molecule has 0 radical (unpaired) electrons. The molecule has 0 saturated heterocycles. The zero-order valence-electron chi connectivity index (χ0n) is 20.2. The van der Waals surface area contributed by atoms with E-state index in [4.69, 9.17) is 5.73 Å². The molecule has 0 unspecified atom stereocenters. The smallest absolute Gasteiger partial charge is 0.341 e. The van der Waals surface area contributed by atoms with Gasteiger partial charge in [-0.15, -0.1) is 0 Å². The number of carbonyl (C=O) groups is 1. The average molecular weight is 555 g/mol. The zero-order valence-corrected chi connectivity index (χ0v) is 21.9. The number of hydrogen-bond acceptors (Lipinski definition) is 6. The van der Waals surface area contributed by atoms with E-state index in [1.807, 2.05) is 0 Å². The molecule has 1 amide bonds. The van der Waals surface area contributed by atoms with Gasteiger partial charge in [-0.25, -0.2) is 16.8 Å². The van der Waals surface area contributed by atoms with Crippen LogP contribution in [0.25, 0.3) is 0 Å². The quantitative estimate of drug-likeness (QED) is 0.483. The predicted octanol–water partition coefficient (Wildman–Crippen LogP) is 2.51. The Labute approximate surface area is 210 Å². The summed E-state index contributed by atoms with van der Waals surface area (Å²) < 4.78 is 89.7. The van der Waals surface area contributed by atoms with Crippen molar-refractivity contribution in [3.05, 3.63) is 24.3 Å². The summed E-state index contributed by atoms with van der Waals surface area (Å²) in [5.41, 5.74) is 6.09. The van der Waals surface area contributed by atoms with E-state index >= 15 is 0 Å². The maximum atomic E-state index is 13.1. The van der Waals surface area contributed by atoms with Gasteiger partial charge in [-0.3, -0.25) is 9.52 Å². The van der Waals surface area contributed by atoms with Crippen molar-refractivity contribution >= 4 is 31.6 Å². The van der Waals surface area contributed by atoms with E-state index in [9.17, 15) is 34.8 Å². The molecule has 0 aromatic heterocycles. The fraction of sp³-hybridized carbons (Fsp3) is 0.682. The first-order chi connectivity index (χ1) is 16.6. The molecule has 0 heterocycles. The number of sulfonamides is 2. The summed E-state index contributed by atoms with van der Waals surface area (Å²) in [4.78, 5) is 14.3. The van der Waals surface area contributed by atoms with Gasteiger partial charge in [0.15, 0.2) is 5.75 Å². The van der Waals surface area contributed by atoms with Crippen LogP contribution in [0, 0.1) is 5.92 Å². The van der Waals surface area contributed by atoms with Gasteiger partial charge in [-0.05, 0) is 75.1 Å². The van der Waals surface area contributed by atoms with E-state index in [0.29, 0.717) is 25.7 Å². The first-order valence-corrected chi connectivity index (χ1v) is 14.9. The van der Waals surface area contributed by atoms with Crippen molar-refractivity contribution in [1.29, 1.82) is 0 Å². The molecule has 0 bridgehead atoms. The third-order valence-electron chi connectivity index (χ3n) is 7.18. The van der Waals surface area contributed by atoms with Crippen LogP contribution in [0.1, 0.15) is 44.9 Å². The van der Waals surface area contributed by atoms with Crippen molar-refractivity contribution in [2.75, 3.05) is 24.6 Å². The molecule has 0 aliphatic heterocycles. The zero-order chi connectivity index (χ0) is 26.9. The Morgan fingerprint density at radius 2 is 1.56 bits per heavy atom. The highest BCUT2D eigenvalue weighted by Gasteiger charge is 2.38. The van der Waals surface area contributed by atoms with E-state index in [1.54, 1.807) is 16.7 Å². The third-order valence-corrected chi connectivity index (χ3v) is 10.4. The lowest BCUT2D eigenvalue weighted by Gasteiger charge is -2.39. The molecule has 0 spiro atoms. The van der Waals surface area contributed by atoms with Crippen molar-refractivity contribution < 1.29 is 34.8 Å². The number of rotatable bonds is 9. The maximum Gasteiger partial charge on any atom is 0.404 e. The minimum Gasteiger partial charge on any atom is -0.341 e. The number of likely N-dealkylation sites (N-methyl/N-ethyl adjacent to an activating group) is 1. The highest BCUT2D eigenvalue weighted by molar-refractivity contribution is 7.92. The van der Waals surface area contributed by atoms with Gasteiger partial charge in [-0.1, -0.05) is 0 Å². The minimum atomic E-state index is -4.90. The van der Waals surface area contributed by atoms with Crippen LogP contribution in [0.5, 0.6) is 0 Å². The minimum absolute atomic E-state index is 0.0311. The number of benzene rings is 1. The molecule has 1 aromatic carbocycles. The van der Waals surface area contributed by atoms with Gasteiger partial charge in [0.25, 0.3) is 0 Å². The first-order valence-electron chi connectivity index (χ1n) is 11.8. The van der Waals surface area contributed by atoms with Gasteiger partial charge in [-0.2, -0.15) is 17.5 Å². The Bertz CT molecular complexity index is 1130. The molecule has 1 aromatic rings. The summed E-state index contributed by atoms with van der Waals surface area (Å²) in [6.07, 6.45) is 0.468. The van der Waals surface area contributed by atoms with Gasteiger partial charge in [0.2, 0.25) is 26.0 Å². The van der Waals surface area contributed by atoms with Crippen LogP contribution in [0.15, 0.2) is 29.2 Å². The number of carbonyl (C=O) groups excluding carboxylic acids is 1. The molecule has 2 fully saturated rings. The van der Waals surface area contributed by atoms with Gasteiger partial charge in [0, 0.05) is 31.9 Å². The second-order valence-corrected chi connectivity index (χ2v) is 13.4. The lowest BCUT2D eigenvalue weighted by molar-refractivity contribution is -0.136. The number of hydrogen-bond donors (Lipinski definition) is 2. The molecule has 1 atom stereocenters. The topological polar surface area (TPSA) is 130 Å². The summed E-state index contributed by atoms with van der Waals surface area (Å²) in [5.74, 6) is -2.15. The van der Waals surface area contributed by atoms with Gasteiger partial charge in [0.1, 0.15) is 0 Å². The number of nitrogens with zero attached hydrogens (tertiary/aromatic N) is 2. The number of anilines is 1. The molecule has 14 heteroatoms. The molecule has 3 N–H and O–H groups in total. The van der Waals surface area contributed by atoms with Crippen molar-refractivity contribution in [3.63, 3.8) is 0 Å². The van der Waals surface area contributed by atoms with Crippen LogP contribution in [0.3, 0.4) is 0 Å². The summed E-state index contributed by atoms with van der Waals surface area (Å²) in [7, 11) is -5.37. The van der Waals surface area contributed by atoms with Crippen molar-refractivity contribution in [1.82, 2.24) is 9.21 Å². The Morgan fingerprint density at radius 1 is 1.00 bits per heavy atom. The fourth-order valence-corrected chi connectivity index (χ4v) is 7.12. The number of nitrogens with one attached hydrogen (secondary N) is 1. The second-order valence-electron chi connectivity index (χ2n) is 9.65. The van der Waals surface area contributed by atoms with Crippen molar-refractivity contribution in [3.8, 4) is 0 Å². The van der Waals surface area contributed by atoms with Gasteiger partial charge < -0.3 is 10.6 Å². The molecular weight excluding hydrogens is 521 g/mol. The van der Waals surface area contributed by atoms with E-state index in [0.717, 1.165) is 43.5 Å². The lowest BCUT2D eigenvalue weighted by atomic mass is 9.81. The van der Waals surface area contributed by atoms with Crippen LogP contribution in [-0.4, -0.2) is 76.1 Å². The fourth-order valence-electron chi connectivity index (χ4n) is 4.70. The van der Waals surface area contributed by atoms with Crippen LogP contribution in [0.4, 0.5) is 18.9 Å². The van der Waals surface area contributed by atoms with Gasteiger partial charge >= 0.3 is 6.18 Å². The normalized spacial score (nSPS) is 22.6. The molecule has 2 saturated carbocycles. The molecule has 2 aliphatic rings. The largest absolute Gasteiger partial charge is 0.404 e. The molecule has 3 rings (SSSR count). The van der Waals surface area contributed by atoms with Crippen molar-refractivity contribution in [2.45, 2.75) is 74.1 Å². The maximum absolute atomic E-state index is 13.1. The Balaban J connectivity index is 1.58. The van der Waals surface area contributed by atoms with E-state index in [2.05, 4.69) is 0 Å². The van der Waals surface area contributed by atoms with Crippen LogP contribution < -0.4 is 10.5 Å². The van der Waals surface area contributed by atoms with Crippen LogP contribution in [0.2, 0.25) is 0 Å². The Kier molecular flexibility index (Phi) is 8.63. The molecule has 204 valence electrons. The third kappa shape index (κ3) is 6.90. The summed E-state index contributed by atoms with van der Waals surface area (Å²) in [6.45, 7) is 0. The monoisotopic (exact) mass is 554 g/mol. The van der Waals surface area contributed by atoms with Gasteiger partial charge in [0.05, 0.1) is 10.9 Å². The summed E-state index contributed by atoms with van der Waals surface area (Å²) in [6, 6.07) is 3.84. The standard InChI is InChI=1S/C22H33F3N4O5S2/c1-28(17-4-3-5-17)21(30)20(26)15-6-10-18(11-7-15)29(2)36(33,34)19-12-8-16(9-13-19)27-35(31,32)14-22(23,24)25/h8-9,12-13,15,17-18,20,27H,3-7,10-11,14,26H2,1-2H3/t15?,18?,20-/m0/s1. The van der Waals surface area contributed by atoms with Crippen LogP contribution in [-0.2, 0) is 24.8 Å². The van der Waals surface area contributed by atoms with Crippen molar-refractivity contribution in [2.24, 2.45) is 11.7 Å². The number of alkyl halides is 3. The Morgan fingerprint density at radius 3 is 2.03 bits per heavy atom. The lowest BCUT2D eigenvalue weighted by Crippen LogP contribution is -2.52. The SMILES string of the molecule is CN(C(=O)[C@@H](N)C1CCC(N(C)S(=O)(=O)c2ccc(NS(=O)(=O)CC(F)(F)F)cc2)CC1)C1CCC1. The predicted molar refractivity (Wildman–Crippen MR) is 129 cm³/mol. The van der Waals surface area contributed by atoms with E-state index in [-0.39, 0.29) is 34.5 Å². The highest BCUT2D eigenvalue weighted by atomic mass is 32.2. The summed E-state index contributed by atoms with van der Waals surface area (Å²) in [5, 5.41) is 0. The molecule has 2 aliphatic carbocycles. The molecule has 9 nitrogen and oxygen atoms in total. The number of halogens is 3. The Hall–Kier alpha value is -1.90. The number of amides is 1. The van der Waals surface area contributed by atoms with E-state index < -0.39 is 38.0 Å². The first kappa shape index (κ1) is 28.7. The average Bonchev–Trinajstić information content (AvgIpc) is 2.74. The van der Waals surface area contributed by atoms with Crippen LogP contribution >= 0.6 is 0 Å². The highest BCUT2D eigenvalue weighted by Crippen LogP contribution is 2.33. The number of nitrogens with two attached hydrogens (primary N) is 1. The molecular formula is C22H33F3N4O5S2. The summed E-state index contributed by atoms with van der Waals surface area (Å²) >= 11 is 0. The second kappa shape index (κ2) is 10.8.